The molecule has 0 saturated carbocycles. The number of amidine groups is 1. The number of rotatable bonds is 6. The van der Waals surface area contributed by atoms with Crippen molar-refractivity contribution in [3.8, 4) is 5.69 Å². The molecule has 4 rings (SSSR count). The van der Waals surface area contributed by atoms with Crippen molar-refractivity contribution in [2.24, 2.45) is 12.0 Å². The lowest BCUT2D eigenvalue weighted by Crippen LogP contribution is -2.25. The van der Waals surface area contributed by atoms with Crippen LogP contribution in [-0.2, 0) is 18.2 Å². The first kappa shape index (κ1) is 18.7. The molecule has 29 heavy (non-hydrogen) atoms. The van der Waals surface area contributed by atoms with E-state index in [0.717, 1.165) is 28.4 Å². The van der Waals surface area contributed by atoms with E-state index in [-0.39, 0.29) is 5.43 Å². The molecule has 0 radical (unpaired) electrons. The molecule has 0 spiro atoms. The van der Waals surface area contributed by atoms with Crippen molar-refractivity contribution in [3.63, 3.8) is 0 Å². The molecule has 0 atom stereocenters. The third-order valence-corrected chi connectivity index (χ3v) is 4.50. The quantitative estimate of drug-likeness (QED) is 0.693. The summed E-state index contributed by atoms with van der Waals surface area (Å²) in [6.07, 6.45) is 7.48. The van der Waals surface area contributed by atoms with Crippen LogP contribution in [0.25, 0.3) is 5.69 Å². The van der Waals surface area contributed by atoms with Crippen LogP contribution in [-0.4, -0.2) is 38.5 Å². The molecule has 1 aromatic carbocycles. The van der Waals surface area contributed by atoms with Crippen LogP contribution in [0.3, 0.4) is 0 Å². The van der Waals surface area contributed by atoms with Crippen molar-refractivity contribution in [2.45, 2.75) is 13.3 Å². The van der Waals surface area contributed by atoms with E-state index < -0.39 is 0 Å². The van der Waals surface area contributed by atoms with Gasteiger partial charge in [0.05, 0.1) is 19.0 Å². The number of ether oxygens (including phenoxy) is 1. The summed E-state index contributed by atoms with van der Waals surface area (Å²) in [5.41, 5.74) is 3.14. The predicted molar refractivity (Wildman–Crippen MR) is 110 cm³/mol. The summed E-state index contributed by atoms with van der Waals surface area (Å²) in [6.45, 7) is 3.08. The average Bonchev–Trinajstić information content (AvgIpc) is 3.17. The van der Waals surface area contributed by atoms with E-state index in [2.05, 4.69) is 20.5 Å². The van der Waals surface area contributed by atoms with Gasteiger partial charge in [0.15, 0.2) is 0 Å². The first-order valence-corrected chi connectivity index (χ1v) is 9.42. The second-order valence-corrected chi connectivity index (χ2v) is 6.67. The fourth-order valence-corrected chi connectivity index (χ4v) is 3.11. The molecule has 0 bridgehead atoms. The van der Waals surface area contributed by atoms with Gasteiger partial charge in [0.25, 0.3) is 0 Å². The molecule has 3 heterocycles. The van der Waals surface area contributed by atoms with Crippen LogP contribution in [0.15, 0.2) is 70.7 Å². The molecule has 2 aromatic heterocycles. The van der Waals surface area contributed by atoms with E-state index in [0.29, 0.717) is 25.3 Å². The van der Waals surface area contributed by atoms with Crippen LogP contribution < -0.4 is 10.7 Å². The van der Waals surface area contributed by atoms with E-state index in [1.165, 1.54) is 6.07 Å². The highest BCUT2D eigenvalue weighted by molar-refractivity contribution is 6.00. The van der Waals surface area contributed by atoms with Crippen LogP contribution in [0, 0.1) is 0 Å². The lowest BCUT2D eigenvalue weighted by Gasteiger charge is -2.15. The monoisotopic (exact) mass is 390 g/mol. The highest BCUT2D eigenvalue weighted by Gasteiger charge is 2.11. The SMILES string of the molecule is CCOC1=CNC(c2cccc(Cc3nn(-c4cnn(C)c4)ccc3=O)c2)=NC1. The third-order valence-electron chi connectivity index (χ3n) is 4.50. The number of aliphatic imine (C=N–C) groups is 1. The van der Waals surface area contributed by atoms with Crippen molar-refractivity contribution >= 4 is 5.84 Å². The maximum absolute atomic E-state index is 12.3. The molecule has 0 amide bonds. The van der Waals surface area contributed by atoms with Gasteiger partial charge >= 0.3 is 0 Å². The fraction of sp³-hybridized carbons (Fsp3) is 0.238. The highest BCUT2D eigenvalue weighted by Crippen LogP contribution is 2.12. The number of benzene rings is 1. The van der Waals surface area contributed by atoms with E-state index in [1.54, 1.807) is 21.8 Å². The van der Waals surface area contributed by atoms with Gasteiger partial charge in [0, 0.05) is 37.5 Å². The van der Waals surface area contributed by atoms with Crippen molar-refractivity contribution in [2.75, 3.05) is 13.2 Å². The molecule has 1 aliphatic rings. The molecule has 0 saturated heterocycles. The minimum absolute atomic E-state index is 0.0898. The number of hydrogen-bond acceptors (Lipinski definition) is 6. The summed E-state index contributed by atoms with van der Waals surface area (Å²) in [4.78, 5) is 16.9. The number of hydrogen-bond donors (Lipinski definition) is 1. The molecule has 8 heteroatoms. The molecule has 3 aromatic rings. The van der Waals surface area contributed by atoms with Gasteiger partial charge in [0.2, 0.25) is 5.43 Å². The molecular weight excluding hydrogens is 368 g/mol. The Balaban J connectivity index is 1.55. The van der Waals surface area contributed by atoms with Gasteiger partial charge in [-0.25, -0.2) is 4.68 Å². The first-order valence-electron chi connectivity index (χ1n) is 9.42. The molecule has 0 aliphatic carbocycles. The van der Waals surface area contributed by atoms with Crippen molar-refractivity contribution in [1.82, 2.24) is 24.9 Å². The molecule has 8 nitrogen and oxygen atoms in total. The lowest BCUT2D eigenvalue weighted by molar-refractivity contribution is 0.224. The van der Waals surface area contributed by atoms with Gasteiger partial charge in [-0.2, -0.15) is 10.2 Å². The van der Waals surface area contributed by atoms with Crippen LogP contribution >= 0.6 is 0 Å². The Labute approximate surface area is 168 Å². The predicted octanol–water partition coefficient (Wildman–Crippen LogP) is 1.78. The average molecular weight is 390 g/mol. The maximum Gasteiger partial charge on any atom is 0.203 e. The Bertz CT molecular complexity index is 1140. The van der Waals surface area contributed by atoms with Crippen molar-refractivity contribution < 1.29 is 4.74 Å². The smallest absolute Gasteiger partial charge is 0.203 e. The van der Waals surface area contributed by atoms with Crippen molar-refractivity contribution in [1.29, 1.82) is 0 Å². The largest absolute Gasteiger partial charge is 0.495 e. The maximum atomic E-state index is 12.3. The number of aryl methyl sites for hydroxylation is 1. The topological polar surface area (TPSA) is 86.3 Å². The van der Waals surface area contributed by atoms with E-state index in [1.807, 2.05) is 50.6 Å². The number of nitrogens with zero attached hydrogens (tertiary/aromatic N) is 5. The van der Waals surface area contributed by atoms with Gasteiger partial charge in [-0.05, 0) is 18.6 Å². The Morgan fingerprint density at radius 3 is 2.90 bits per heavy atom. The third kappa shape index (κ3) is 4.26. The summed E-state index contributed by atoms with van der Waals surface area (Å²) in [6, 6.07) is 9.48. The zero-order valence-corrected chi connectivity index (χ0v) is 16.4. The van der Waals surface area contributed by atoms with Gasteiger partial charge in [0.1, 0.15) is 29.5 Å². The number of nitrogens with one attached hydrogen (secondary N) is 1. The Morgan fingerprint density at radius 2 is 2.17 bits per heavy atom. The minimum Gasteiger partial charge on any atom is -0.495 e. The Kier molecular flexibility index (Phi) is 5.24. The van der Waals surface area contributed by atoms with E-state index in [4.69, 9.17) is 4.74 Å². The highest BCUT2D eigenvalue weighted by atomic mass is 16.5. The molecular formula is C21H22N6O2. The minimum atomic E-state index is -0.0898. The van der Waals surface area contributed by atoms with Crippen LogP contribution in [0.2, 0.25) is 0 Å². The summed E-state index contributed by atoms with van der Waals surface area (Å²) in [7, 11) is 1.84. The Hall–Kier alpha value is -3.68. The zero-order chi connectivity index (χ0) is 20.2. The summed E-state index contributed by atoms with van der Waals surface area (Å²) < 4.78 is 8.84. The van der Waals surface area contributed by atoms with Gasteiger partial charge in [-0.1, -0.05) is 18.2 Å². The normalized spacial score (nSPS) is 13.4. The van der Waals surface area contributed by atoms with Gasteiger partial charge < -0.3 is 10.1 Å². The lowest BCUT2D eigenvalue weighted by atomic mass is 10.1. The van der Waals surface area contributed by atoms with Gasteiger partial charge in [-0.3, -0.25) is 14.5 Å². The fourth-order valence-electron chi connectivity index (χ4n) is 3.11. The van der Waals surface area contributed by atoms with Crippen molar-refractivity contribution in [3.05, 3.63) is 87.9 Å². The number of aromatic nitrogens is 4. The van der Waals surface area contributed by atoms with Crippen LogP contribution in [0.1, 0.15) is 23.7 Å². The van der Waals surface area contributed by atoms with E-state index in [9.17, 15) is 4.79 Å². The second-order valence-electron chi connectivity index (χ2n) is 6.67. The molecule has 1 N–H and O–H groups in total. The van der Waals surface area contributed by atoms with Crippen LogP contribution in [0.4, 0.5) is 0 Å². The summed E-state index contributed by atoms with van der Waals surface area (Å²) in [5, 5.41) is 11.8. The second kappa shape index (κ2) is 8.14. The van der Waals surface area contributed by atoms with Crippen LogP contribution in [0.5, 0.6) is 0 Å². The molecule has 1 aliphatic heterocycles. The molecule has 0 fully saturated rings. The molecule has 148 valence electrons. The van der Waals surface area contributed by atoms with E-state index >= 15 is 0 Å². The summed E-state index contributed by atoms with van der Waals surface area (Å²) >= 11 is 0. The Morgan fingerprint density at radius 1 is 1.28 bits per heavy atom. The zero-order valence-electron chi connectivity index (χ0n) is 16.4. The summed E-state index contributed by atoms with van der Waals surface area (Å²) in [5.74, 6) is 1.60. The molecule has 0 unspecified atom stereocenters. The first-order chi connectivity index (χ1) is 14.1. The standard InChI is InChI=1S/C21H22N6O2/c1-3-29-18-12-22-21(23-13-18)16-6-4-5-15(9-16)10-19-20(28)7-8-27(25-19)17-11-24-26(2)14-17/h4-9,11-12,14H,3,10,13H2,1-2H3,(H,22,23). The van der Waals surface area contributed by atoms with Gasteiger partial charge in [-0.15, -0.1) is 0 Å².